The molecule has 0 fully saturated rings. The van der Waals surface area contributed by atoms with Crippen LogP contribution in [-0.2, 0) is 0 Å². The first-order valence-corrected chi connectivity index (χ1v) is 8.34. The van der Waals surface area contributed by atoms with Gasteiger partial charge >= 0.3 is 0 Å². The van der Waals surface area contributed by atoms with E-state index in [0.717, 1.165) is 6.07 Å². The van der Waals surface area contributed by atoms with Crippen LogP contribution in [0.4, 0.5) is 13.2 Å². The smallest absolute Gasteiger partial charge is 0.191 e. The van der Waals surface area contributed by atoms with Crippen molar-refractivity contribution in [1.29, 1.82) is 0 Å². The minimum atomic E-state index is -1.11. The molecule has 0 radical (unpaired) electrons. The fourth-order valence-electron chi connectivity index (χ4n) is 2.48. The zero-order valence-corrected chi connectivity index (χ0v) is 17.4. The molecule has 0 aliphatic rings. The number of aliphatic hydroxyl groups is 1. The van der Waals surface area contributed by atoms with Gasteiger partial charge in [-0.15, -0.1) is 24.0 Å². The highest BCUT2D eigenvalue weighted by molar-refractivity contribution is 14.0. The van der Waals surface area contributed by atoms with Gasteiger partial charge in [-0.05, 0) is 26.0 Å². The maximum absolute atomic E-state index is 13.9. The van der Waals surface area contributed by atoms with Crippen LogP contribution in [-0.4, -0.2) is 24.2 Å². The van der Waals surface area contributed by atoms with Gasteiger partial charge in [-0.2, -0.15) is 0 Å². The second kappa shape index (κ2) is 11.1. The Balaban J connectivity index is 0.00000364. The second-order valence-electron chi connectivity index (χ2n) is 5.79. The fraction of sp³-hybridized carbons (Fsp3) is 0.316. The third-order valence-corrected chi connectivity index (χ3v) is 3.81. The summed E-state index contributed by atoms with van der Waals surface area (Å²) in [7, 11) is 0. The molecule has 2 aromatic rings. The van der Waals surface area contributed by atoms with Crippen molar-refractivity contribution in [2.24, 2.45) is 4.99 Å². The minimum absolute atomic E-state index is 0. The molecule has 27 heavy (non-hydrogen) atoms. The molecule has 0 saturated heterocycles. The number of hydrogen-bond donors (Lipinski definition) is 3. The Morgan fingerprint density at radius 3 is 2.41 bits per heavy atom. The van der Waals surface area contributed by atoms with Gasteiger partial charge in [0.1, 0.15) is 23.6 Å². The Labute approximate surface area is 173 Å². The average molecular weight is 493 g/mol. The zero-order chi connectivity index (χ0) is 19.1. The number of aliphatic hydroxyl groups excluding tert-OH is 1. The van der Waals surface area contributed by atoms with Crippen LogP contribution >= 0.6 is 24.0 Å². The molecular weight excluding hydrogens is 470 g/mol. The van der Waals surface area contributed by atoms with Crippen LogP contribution in [0.1, 0.15) is 37.1 Å². The predicted octanol–water partition coefficient (Wildman–Crippen LogP) is 4.07. The van der Waals surface area contributed by atoms with Crippen molar-refractivity contribution in [3.8, 4) is 0 Å². The summed E-state index contributed by atoms with van der Waals surface area (Å²) in [5.74, 6) is -1.48. The third-order valence-electron chi connectivity index (χ3n) is 3.81. The maximum atomic E-state index is 13.9. The summed E-state index contributed by atoms with van der Waals surface area (Å²) in [5.41, 5.74) is 0.441. The van der Waals surface area contributed by atoms with Gasteiger partial charge in [-0.25, -0.2) is 13.2 Å². The van der Waals surface area contributed by atoms with E-state index in [9.17, 15) is 18.3 Å². The first-order chi connectivity index (χ1) is 12.4. The van der Waals surface area contributed by atoms with Gasteiger partial charge in [0.05, 0.1) is 12.6 Å². The highest BCUT2D eigenvalue weighted by Gasteiger charge is 2.15. The Hall–Kier alpha value is -1.81. The van der Waals surface area contributed by atoms with Crippen molar-refractivity contribution in [3.63, 3.8) is 0 Å². The van der Waals surface area contributed by atoms with Gasteiger partial charge in [0.15, 0.2) is 5.96 Å². The molecule has 0 aliphatic heterocycles. The van der Waals surface area contributed by atoms with Gasteiger partial charge in [0, 0.05) is 23.7 Å². The molecule has 2 unspecified atom stereocenters. The minimum Gasteiger partial charge on any atom is -0.386 e. The average Bonchev–Trinajstić information content (AvgIpc) is 2.59. The molecular formula is C19H23F3IN3O. The van der Waals surface area contributed by atoms with E-state index in [-0.39, 0.29) is 41.6 Å². The van der Waals surface area contributed by atoms with E-state index in [1.165, 1.54) is 24.3 Å². The van der Waals surface area contributed by atoms with E-state index in [1.54, 1.807) is 19.1 Å². The standard InChI is InChI=1S/C19H22F3N3O.HI/c1-3-23-19(24-11-18(26)15-6-4-5-7-16(15)21)25-12(2)14-9-8-13(20)10-17(14)22;/h4-10,12,18,26H,3,11H2,1-2H3,(H2,23,24,25);1H. The molecule has 2 rings (SSSR count). The molecule has 0 saturated carbocycles. The number of benzene rings is 2. The number of rotatable bonds is 6. The molecule has 3 N–H and O–H groups in total. The lowest BCUT2D eigenvalue weighted by molar-refractivity contribution is 0.182. The van der Waals surface area contributed by atoms with Crippen molar-refractivity contribution < 1.29 is 18.3 Å². The molecule has 0 spiro atoms. The molecule has 2 aromatic carbocycles. The summed E-state index contributed by atoms with van der Waals surface area (Å²) in [6, 6.07) is 8.81. The molecule has 0 bridgehead atoms. The monoisotopic (exact) mass is 493 g/mol. The normalized spacial score (nSPS) is 13.5. The molecule has 2 atom stereocenters. The molecule has 0 amide bonds. The van der Waals surface area contributed by atoms with E-state index in [2.05, 4.69) is 15.6 Å². The van der Waals surface area contributed by atoms with E-state index in [0.29, 0.717) is 12.5 Å². The summed E-state index contributed by atoms with van der Waals surface area (Å²) in [5, 5.41) is 16.1. The highest BCUT2D eigenvalue weighted by atomic mass is 127. The first-order valence-electron chi connectivity index (χ1n) is 8.34. The van der Waals surface area contributed by atoms with Crippen LogP contribution in [0.15, 0.2) is 47.5 Å². The highest BCUT2D eigenvalue weighted by Crippen LogP contribution is 2.18. The predicted molar refractivity (Wildman–Crippen MR) is 111 cm³/mol. The summed E-state index contributed by atoms with van der Waals surface area (Å²) in [6.45, 7) is 4.03. The Bertz CT molecular complexity index is 774. The van der Waals surface area contributed by atoms with Gasteiger partial charge in [-0.1, -0.05) is 24.3 Å². The van der Waals surface area contributed by atoms with Gasteiger partial charge < -0.3 is 15.7 Å². The number of nitrogens with one attached hydrogen (secondary N) is 2. The van der Waals surface area contributed by atoms with Crippen molar-refractivity contribution in [2.75, 3.05) is 13.1 Å². The number of aliphatic imine (C=N–C) groups is 1. The molecule has 0 aromatic heterocycles. The van der Waals surface area contributed by atoms with E-state index < -0.39 is 29.6 Å². The van der Waals surface area contributed by atoms with Crippen LogP contribution in [0.3, 0.4) is 0 Å². The van der Waals surface area contributed by atoms with Crippen molar-refractivity contribution >= 4 is 29.9 Å². The Morgan fingerprint density at radius 1 is 1.07 bits per heavy atom. The SMILES string of the molecule is CCNC(=NCC(O)c1ccccc1F)NC(C)c1ccc(F)cc1F.I. The van der Waals surface area contributed by atoms with Gasteiger partial charge in [0.2, 0.25) is 0 Å². The summed E-state index contributed by atoms with van der Waals surface area (Å²) in [6.07, 6.45) is -1.11. The molecule has 148 valence electrons. The van der Waals surface area contributed by atoms with Crippen molar-refractivity contribution in [1.82, 2.24) is 10.6 Å². The largest absolute Gasteiger partial charge is 0.386 e. The summed E-state index contributed by atoms with van der Waals surface area (Å²) >= 11 is 0. The lowest BCUT2D eigenvalue weighted by Crippen LogP contribution is -2.39. The molecule has 8 heteroatoms. The quantitative estimate of drug-likeness (QED) is 0.323. The van der Waals surface area contributed by atoms with Crippen LogP contribution in [0, 0.1) is 17.5 Å². The fourth-order valence-corrected chi connectivity index (χ4v) is 2.48. The van der Waals surface area contributed by atoms with E-state index in [1.807, 2.05) is 6.92 Å². The number of guanidine groups is 1. The van der Waals surface area contributed by atoms with Crippen molar-refractivity contribution in [2.45, 2.75) is 26.0 Å². The maximum Gasteiger partial charge on any atom is 0.191 e. The molecule has 4 nitrogen and oxygen atoms in total. The third kappa shape index (κ3) is 6.69. The lowest BCUT2D eigenvalue weighted by Gasteiger charge is -2.19. The number of hydrogen-bond acceptors (Lipinski definition) is 2. The Kier molecular flexibility index (Phi) is 9.57. The van der Waals surface area contributed by atoms with Gasteiger partial charge in [0.25, 0.3) is 0 Å². The molecule has 0 aliphatic carbocycles. The zero-order valence-electron chi connectivity index (χ0n) is 15.0. The van der Waals surface area contributed by atoms with E-state index >= 15 is 0 Å². The topological polar surface area (TPSA) is 56.7 Å². The van der Waals surface area contributed by atoms with Gasteiger partial charge in [-0.3, -0.25) is 4.99 Å². The Morgan fingerprint density at radius 2 is 1.78 bits per heavy atom. The van der Waals surface area contributed by atoms with Crippen LogP contribution in [0.25, 0.3) is 0 Å². The molecule has 0 heterocycles. The number of halogens is 4. The lowest BCUT2D eigenvalue weighted by atomic mass is 10.1. The summed E-state index contributed by atoms with van der Waals surface area (Å²) in [4.78, 5) is 4.22. The summed E-state index contributed by atoms with van der Waals surface area (Å²) < 4.78 is 40.6. The first kappa shape index (κ1) is 23.2. The van der Waals surface area contributed by atoms with E-state index in [4.69, 9.17) is 0 Å². The second-order valence-corrected chi connectivity index (χ2v) is 5.79. The van der Waals surface area contributed by atoms with Crippen LogP contribution in [0.5, 0.6) is 0 Å². The van der Waals surface area contributed by atoms with Crippen molar-refractivity contribution in [3.05, 3.63) is 71.0 Å². The number of nitrogens with zero attached hydrogens (tertiary/aromatic N) is 1. The van der Waals surface area contributed by atoms with Crippen LogP contribution < -0.4 is 10.6 Å². The van der Waals surface area contributed by atoms with Crippen LogP contribution in [0.2, 0.25) is 0 Å².